The van der Waals surface area contributed by atoms with E-state index in [1.54, 1.807) is 0 Å². The Morgan fingerprint density at radius 1 is 1.17 bits per heavy atom. The van der Waals surface area contributed by atoms with Gasteiger partial charge >= 0.3 is 0 Å². The second-order valence-corrected chi connectivity index (χ2v) is 4.40. The number of nitrogen functional groups attached to an aromatic ring is 1. The first-order valence-electron chi connectivity index (χ1n) is 6.55. The Morgan fingerprint density at radius 2 is 1.89 bits per heavy atom. The molecule has 4 N–H and O–H groups in total. The van der Waals surface area contributed by atoms with E-state index in [0.29, 0.717) is 17.8 Å². The molecular weight excluding hydrogens is 230 g/mol. The Balaban J connectivity index is 2.10. The quantitative estimate of drug-likeness (QED) is 0.394. The largest absolute Gasteiger partial charge is 0.354 e. The number of unbranched alkanes of at least 4 members (excludes halogenated alkanes) is 1. The molecule has 1 saturated heterocycles. The van der Waals surface area contributed by atoms with E-state index in [1.807, 2.05) is 0 Å². The third kappa shape index (κ3) is 3.19. The summed E-state index contributed by atoms with van der Waals surface area (Å²) in [4.78, 5) is 15.1. The lowest BCUT2D eigenvalue weighted by molar-refractivity contribution is 0.818. The molecule has 0 saturated carbocycles. The van der Waals surface area contributed by atoms with Crippen LogP contribution in [0.25, 0.3) is 0 Å². The van der Waals surface area contributed by atoms with Crippen molar-refractivity contribution in [3.63, 3.8) is 0 Å². The van der Waals surface area contributed by atoms with Crippen molar-refractivity contribution in [2.75, 3.05) is 35.3 Å². The van der Waals surface area contributed by atoms with Crippen molar-refractivity contribution in [1.29, 1.82) is 0 Å². The number of nitrogens with zero attached hydrogens (tertiary/aromatic N) is 4. The van der Waals surface area contributed by atoms with E-state index in [0.717, 1.165) is 32.5 Å². The van der Waals surface area contributed by atoms with Gasteiger partial charge in [-0.1, -0.05) is 13.3 Å². The number of hydrogen-bond donors (Lipinski definition) is 3. The van der Waals surface area contributed by atoms with Gasteiger partial charge in [0.15, 0.2) is 0 Å². The van der Waals surface area contributed by atoms with E-state index in [-0.39, 0.29) is 0 Å². The van der Waals surface area contributed by atoms with Crippen molar-refractivity contribution < 1.29 is 0 Å². The lowest BCUT2D eigenvalue weighted by Gasteiger charge is -2.16. The zero-order valence-corrected chi connectivity index (χ0v) is 10.8. The molecule has 0 atom stereocenters. The number of hydrazine groups is 1. The van der Waals surface area contributed by atoms with Crippen LogP contribution in [0.2, 0.25) is 0 Å². The molecule has 7 nitrogen and oxygen atoms in total. The fourth-order valence-electron chi connectivity index (χ4n) is 1.94. The second kappa shape index (κ2) is 6.34. The van der Waals surface area contributed by atoms with Crippen LogP contribution in [0.1, 0.15) is 32.6 Å². The molecule has 0 aliphatic carbocycles. The maximum Gasteiger partial charge on any atom is 0.243 e. The minimum absolute atomic E-state index is 0.408. The van der Waals surface area contributed by atoms with Crippen molar-refractivity contribution in [1.82, 2.24) is 15.0 Å². The van der Waals surface area contributed by atoms with Gasteiger partial charge in [-0.2, -0.15) is 15.0 Å². The topological polar surface area (TPSA) is 92.0 Å². The molecule has 0 bridgehead atoms. The molecule has 0 radical (unpaired) electrons. The highest BCUT2D eigenvalue weighted by Crippen LogP contribution is 2.18. The second-order valence-electron chi connectivity index (χ2n) is 4.40. The summed E-state index contributed by atoms with van der Waals surface area (Å²) in [5, 5.41) is 3.20. The minimum Gasteiger partial charge on any atom is -0.354 e. The molecule has 2 heterocycles. The first-order chi connectivity index (χ1) is 8.83. The lowest BCUT2D eigenvalue weighted by atomic mass is 10.3. The predicted octanol–water partition coefficient (Wildman–Crippen LogP) is 0.969. The number of nitrogens with two attached hydrogens (primary N) is 1. The van der Waals surface area contributed by atoms with E-state index in [2.05, 4.69) is 37.5 Å². The highest BCUT2D eigenvalue weighted by Gasteiger charge is 2.16. The third-order valence-corrected chi connectivity index (χ3v) is 2.96. The summed E-state index contributed by atoms with van der Waals surface area (Å²) in [6, 6.07) is 0. The number of nitrogens with one attached hydrogen (secondary N) is 2. The molecule has 1 aromatic heterocycles. The standard InChI is InChI=1S/C11H21N7/c1-2-3-6-13-9-14-10(17-12)16-11(15-9)18-7-4-5-8-18/h2-8,12H2,1H3,(H2,13,14,15,16,17). The van der Waals surface area contributed by atoms with Crippen LogP contribution < -0.4 is 21.5 Å². The molecule has 1 aliphatic heterocycles. The van der Waals surface area contributed by atoms with E-state index < -0.39 is 0 Å². The summed E-state index contributed by atoms with van der Waals surface area (Å²) in [6.45, 7) is 5.02. The summed E-state index contributed by atoms with van der Waals surface area (Å²) in [7, 11) is 0. The van der Waals surface area contributed by atoms with Gasteiger partial charge in [0.2, 0.25) is 17.8 Å². The van der Waals surface area contributed by atoms with Crippen molar-refractivity contribution in [2.24, 2.45) is 5.84 Å². The number of aromatic nitrogens is 3. The molecule has 7 heteroatoms. The molecule has 18 heavy (non-hydrogen) atoms. The minimum atomic E-state index is 0.408. The summed E-state index contributed by atoms with van der Waals surface area (Å²) >= 11 is 0. The van der Waals surface area contributed by atoms with Gasteiger partial charge in [-0.05, 0) is 19.3 Å². The van der Waals surface area contributed by atoms with E-state index in [1.165, 1.54) is 12.8 Å². The first kappa shape index (κ1) is 12.8. The van der Waals surface area contributed by atoms with Crippen LogP contribution in [0, 0.1) is 0 Å². The Labute approximate surface area is 107 Å². The summed E-state index contributed by atoms with van der Waals surface area (Å²) in [5.74, 6) is 7.09. The highest BCUT2D eigenvalue weighted by molar-refractivity contribution is 5.43. The van der Waals surface area contributed by atoms with Gasteiger partial charge in [0, 0.05) is 19.6 Å². The van der Waals surface area contributed by atoms with Crippen LogP contribution in [0.5, 0.6) is 0 Å². The average Bonchev–Trinajstić information content (AvgIpc) is 2.92. The number of anilines is 3. The maximum atomic E-state index is 5.39. The van der Waals surface area contributed by atoms with Crippen LogP contribution in [0.4, 0.5) is 17.8 Å². The molecular formula is C11H21N7. The Morgan fingerprint density at radius 3 is 2.56 bits per heavy atom. The van der Waals surface area contributed by atoms with Crippen LogP contribution in [-0.4, -0.2) is 34.6 Å². The van der Waals surface area contributed by atoms with E-state index in [4.69, 9.17) is 5.84 Å². The van der Waals surface area contributed by atoms with Crippen molar-refractivity contribution in [3.05, 3.63) is 0 Å². The van der Waals surface area contributed by atoms with Crippen molar-refractivity contribution in [3.8, 4) is 0 Å². The molecule has 1 aromatic rings. The maximum absolute atomic E-state index is 5.39. The molecule has 100 valence electrons. The fraction of sp³-hybridized carbons (Fsp3) is 0.727. The van der Waals surface area contributed by atoms with Crippen LogP contribution in [0.15, 0.2) is 0 Å². The zero-order chi connectivity index (χ0) is 12.8. The normalized spacial score (nSPS) is 14.9. The van der Waals surface area contributed by atoms with Gasteiger partial charge in [0.25, 0.3) is 0 Å². The lowest BCUT2D eigenvalue weighted by Crippen LogP contribution is -2.23. The van der Waals surface area contributed by atoms with Crippen molar-refractivity contribution in [2.45, 2.75) is 32.6 Å². The molecule has 0 aromatic carbocycles. The Bertz CT molecular complexity index is 376. The van der Waals surface area contributed by atoms with Gasteiger partial charge in [-0.3, -0.25) is 5.43 Å². The highest BCUT2D eigenvalue weighted by atomic mass is 15.4. The number of rotatable bonds is 6. The fourth-order valence-corrected chi connectivity index (χ4v) is 1.94. The summed E-state index contributed by atoms with van der Waals surface area (Å²) < 4.78 is 0. The van der Waals surface area contributed by atoms with Crippen LogP contribution >= 0.6 is 0 Å². The molecule has 0 spiro atoms. The van der Waals surface area contributed by atoms with E-state index >= 15 is 0 Å². The Hall–Kier alpha value is -1.63. The molecule has 1 aliphatic rings. The van der Waals surface area contributed by atoms with Gasteiger partial charge in [-0.15, -0.1) is 0 Å². The SMILES string of the molecule is CCCCNc1nc(NN)nc(N2CCCC2)n1. The summed E-state index contributed by atoms with van der Waals surface area (Å²) in [6.07, 6.45) is 4.61. The molecule has 1 fully saturated rings. The summed E-state index contributed by atoms with van der Waals surface area (Å²) in [5.41, 5.74) is 2.49. The molecule has 2 rings (SSSR count). The molecule has 0 unspecified atom stereocenters. The first-order valence-corrected chi connectivity index (χ1v) is 6.55. The zero-order valence-electron chi connectivity index (χ0n) is 10.8. The monoisotopic (exact) mass is 251 g/mol. The van der Waals surface area contributed by atoms with Crippen LogP contribution in [0.3, 0.4) is 0 Å². The van der Waals surface area contributed by atoms with Gasteiger partial charge in [0.1, 0.15) is 0 Å². The molecule has 0 amide bonds. The van der Waals surface area contributed by atoms with Crippen LogP contribution in [-0.2, 0) is 0 Å². The smallest absolute Gasteiger partial charge is 0.243 e. The third-order valence-electron chi connectivity index (χ3n) is 2.96. The van der Waals surface area contributed by atoms with Gasteiger partial charge in [-0.25, -0.2) is 5.84 Å². The average molecular weight is 251 g/mol. The van der Waals surface area contributed by atoms with Gasteiger partial charge < -0.3 is 10.2 Å². The van der Waals surface area contributed by atoms with Crippen molar-refractivity contribution >= 4 is 17.8 Å². The predicted molar refractivity (Wildman–Crippen MR) is 72.5 cm³/mol. The number of hydrogen-bond acceptors (Lipinski definition) is 7. The Kier molecular flexibility index (Phi) is 4.52. The van der Waals surface area contributed by atoms with E-state index in [9.17, 15) is 0 Å². The van der Waals surface area contributed by atoms with Gasteiger partial charge in [0.05, 0.1) is 0 Å².